The average Bonchev–Trinajstić information content (AvgIpc) is 2.81. The van der Waals surface area contributed by atoms with Gasteiger partial charge in [0.2, 0.25) is 0 Å². The summed E-state index contributed by atoms with van der Waals surface area (Å²) in [6.07, 6.45) is 3.58. The van der Waals surface area contributed by atoms with Crippen molar-refractivity contribution in [1.29, 1.82) is 0 Å². The van der Waals surface area contributed by atoms with Gasteiger partial charge in [0.25, 0.3) is 0 Å². The minimum atomic E-state index is 0.320. The Morgan fingerprint density at radius 1 is 1.20 bits per heavy atom. The Morgan fingerprint density at radius 3 is 2.65 bits per heavy atom. The second kappa shape index (κ2) is 6.73. The van der Waals surface area contributed by atoms with Gasteiger partial charge in [-0.2, -0.15) is 0 Å². The van der Waals surface area contributed by atoms with Crippen LogP contribution in [0, 0.1) is 5.41 Å². The summed E-state index contributed by atoms with van der Waals surface area (Å²) in [7, 11) is 0. The highest BCUT2D eigenvalue weighted by Crippen LogP contribution is 2.29. The molecule has 0 aliphatic carbocycles. The first-order valence-electron chi connectivity index (χ1n) is 7.71. The maximum absolute atomic E-state index is 3.72. The summed E-state index contributed by atoms with van der Waals surface area (Å²) >= 11 is 1.87. The highest BCUT2D eigenvalue weighted by atomic mass is 32.1. The highest BCUT2D eigenvalue weighted by molar-refractivity contribution is 7.17. The van der Waals surface area contributed by atoms with Crippen molar-refractivity contribution in [2.24, 2.45) is 5.41 Å². The molecule has 2 rings (SSSR count). The molecule has 2 heteroatoms. The first kappa shape index (κ1) is 15.5. The molecule has 1 heterocycles. The molecule has 1 unspecified atom stereocenters. The van der Waals surface area contributed by atoms with Crippen LogP contribution in [-0.4, -0.2) is 12.6 Å². The molecule has 2 aromatic rings. The first-order chi connectivity index (χ1) is 9.52. The summed E-state index contributed by atoms with van der Waals surface area (Å²) in [5.74, 6) is 0. The van der Waals surface area contributed by atoms with Crippen molar-refractivity contribution in [2.75, 3.05) is 6.54 Å². The Kier molecular flexibility index (Phi) is 5.22. The number of fused-ring (bicyclic) bond motifs is 1. The van der Waals surface area contributed by atoms with Gasteiger partial charge in [-0.1, -0.05) is 45.9 Å². The van der Waals surface area contributed by atoms with E-state index in [2.05, 4.69) is 62.7 Å². The smallest absolute Gasteiger partial charge is 0.0345 e. The van der Waals surface area contributed by atoms with Crippen LogP contribution in [0.15, 0.2) is 29.6 Å². The molecule has 0 fully saturated rings. The van der Waals surface area contributed by atoms with Crippen LogP contribution in [0.3, 0.4) is 0 Å². The number of nitrogens with one attached hydrogen (secondary N) is 1. The van der Waals surface area contributed by atoms with Crippen LogP contribution in [0.4, 0.5) is 0 Å². The molecule has 1 N–H and O–H groups in total. The molecule has 20 heavy (non-hydrogen) atoms. The van der Waals surface area contributed by atoms with Gasteiger partial charge in [0.05, 0.1) is 0 Å². The van der Waals surface area contributed by atoms with Gasteiger partial charge >= 0.3 is 0 Å². The second-order valence-corrected chi connectivity index (χ2v) is 7.58. The van der Waals surface area contributed by atoms with Gasteiger partial charge in [0, 0.05) is 10.7 Å². The number of hydrogen-bond donors (Lipinski definition) is 1. The van der Waals surface area contributed by atoms with Gasteiger partial charge in [0.1, 0.15) is 0 Å². The van der Waals surface area contributed by atoms with E-state index in [0.717, 1.165) is 6.54 Å². The van der Waals surface area contributed by atoms with Gasteiger partial charge in [0.15, 0.2) is 0 Å². The van der Waals surface area contributed by atoms with Crippen molar-refractivity contribution < 1.29 is 0 Å². The third-order valence-electron chi connectivity index (χ3n) is 3.95. The molecule has 0 radical (unpaired) electrons. The number of aryl methyl sites for hydroxylation is 1. The Balaban J connectivity index is 2.05. The van der Waals surface area contributed by atoms with Crippen molar-refractivity contribution in [3.63, 3.8) is 0 Å². The number of hydrogen-bond acceptors (Lipinski definition) is 2. The summed E-state index contributed by atoms with van der Waals surface area (Å²) in [5, 5.41) is 7.51. The van der Waals surface area contributed by atoms with Gasteiger partial charge in [-0.25, -0.2) is 0 Å². The highest BCUT2D eigenvalue weighted by Gasteiger charge is 2.23. The standard InChI is InChI=1S/C18H27NS/c1-5-12-19-17(18(2,3)4)11-10-14-13-20-16-9-7-6-8-15(14)16/h6-9,13,17,19H,5,10-12H2,1-4H3. The summed E-state index contributed by atoms with van der Waals surface area (Å²) in [6, 6.07) is 9.34. The molecule has 0 aliphatic heterocycles. The van der Waals surface area contributed by atoms with Crippen LogP contribution < -0.4 is 5.32 Å². The van der Waals surface area contributed by atoms with E-state index in [0.29, 0.717) is 11.5 Å². The lowest BCUT2D eigenvalue weighted by molar-refractivity contribution is 0.255. The van der Waals surface area contributed by atoms with Gasteiger partial charge in [-0.05, 0) is 53.6 Å². The Morgan fingerprint density at radius 2 is 1.95 bits per heavy atom. The van der Waals surface area contributed by atoms with Gasteiger partial charge < -0.3 is 5.32 Å². The SMILES string of the molecule is CCCNC(CCc1csc2ccccc12)C(C)(C)C. The zero-order valence-corrected chi connectivity index (χ0v) is 14.0. The van der Waals surface area contributed by atoms with E-state index in [1.54, 1.807) is 0 Å². The van der Waals surface area contributed by atoms with E-state index in [1.165, 1.54) is 34.9 Å². The maximum Gasteiger partial charge on any atom is 0.0345 e. The van der Waals surface area contributed by atoms with Crippen molar-refractivity contribution in [3.8, 4) is 0 Å². The van der Waals surface area contributed by atoms with E-state index in [4.69, 9.17) is 0 Å². The lowest BCUT2D eigenvalue weighted by Crippen LogP contribution is -2.41. The summed E-state index contributed by atoms with van der Waals surface area (Å²) in [5.41, 5.74) is 1.83. The van der Waals surface area contributed by atoms with E-state index in [9.17, 15) is 0 Å². The zero-order chi connectivity index (χ0) is 14.6. The van der Waals surface area contributed by atoms with Crippen molar-refractivity contribution in [3.05, 3.63) is 35.2 Å². The van der Waals surface area contributed by atoms with Crippen LogP contribution in [0.1, 0.15) is 46.1 Å². The Labute approximate surface area is 127 Å². The van der Waals surface area contributed by atoms with E-state index in [1.807, 2.05) is 11.3 Å². The molecule has 0 saturated carbocycles. The largest absolute Gasteiger partial charge is 0.313 e. The van der Waals surface area contributed by atoms with Crippen LogP contribution in [0.5, 0.6) is 0 Å². The van der Waals surface area contributed by atoms with E-state index in [-0.39, 0.29) is 0 Å². The molecule has 0 bridgehead atoms. The van der Waals surface area contributed by atoms with Gasteiger partial charge in [-0.15, -0.1) is 11.3 Å². The third-order valence-corrected chi connectivity index (χ3v) is 4.96. The normalized spacial score (nSPS) is 13.8. The fourth-order valence-corrected chi connectivity index (χ4v) is 3.68. The summed E-state index contributed by atoms with van der Waals surface area (Å²) in [4.78, 5) is 0. The van der Waals surface area contributed by atoms with Crippen LogP contribution in [0.2, 0.25) is 0 Å². The minimum Gasteiger partial charge on any atom is -0.313 e. The van der Waals surface area contributed by atoms with Crippen molar-refractivity contribution in [1.82, 2.24) is 5.32 Å². The molecule has 0 aliphatic rings. The Hall–Kier alpha value is -0.860. The fraction of sp³-hybridized carbons (Fsp3) is 0.556. The fourth-order valence-electron chi connectivity index (χ4n) is 2.69. The Bertz CT molecular complexity index is 536. The lowest BCUT2D eigenvalue weighted by Gasteiger charge is -2.31. The van der Waals surface area contributed by atoms with Crippen LogP contribution in [-0.2, 0) is 6.42 Å². The summed E-state index contributed by atoms with van der Waals surface area (Å²) in [6.45, 7) is 10.4. The number of thiophene rings is 1. The van der Waals surface area contributed by atoms with E-state index >= 15 is 0 Å². The first-order valence-corrected chi connectivity index (χ1v) is 8.59. The third kappa shape index (κ3) is 3.83. The molecular weight excluding hydrogens is 262 g/mol. The van der Waals surface area contributed by atoms with Gasteiger partial charge in [-0.3, -0.25) is 0 Å². The molecule has 0 saturated heterocycles. The molecule has 1 aromatic heterocycles. The molecule has 0 amide bonds. The average molecular weight is 289 g/mol. The molecule has 1 atom stereocenters. The number of rotatable bonds is 6. The lowest BCUT2D eigenvalue weighted by atomic mass is 9.83. The molecular formula is C18H27NS. The zero-order valence-electron chi connectivity index (χ0n) is 13.2. The topological polar surface area (TPSA) is 12.0 Å². The molecule has 0 spiro atoms. The maximum atomic E-state index is 3.72. The van der Waals surface area contributed by atoms with E-state index < -0.39 is 0 Å². The second-order valence-electron chi connectivity index (χ2n) is 6.67. The minimum absolute atomic E-state index is 0.320. The van der Waals surface area contributed by atoms with Crippen molar-refractivity contribution in [2.45, 2.75) is 53.0 Å². The molecule has 110 valence electrons. The molecule has 1 aromatic carbocycles. The van der Waals surface area contributed by atoms with Crippen molar-refractivity contribution >= 4 is 21.4 Å². The van der Waals surface area contributed by atoms with Crippen LogP contribution >= 0.6 is 11.3 Å². The predicted molar refractivity (Wildman–Crippen MR) is 91.7 cm³/mol. The summed E-state index contributed by atoms with van der Waals surface area (Å²) < 4.78 is 1.41. The quantitative estimate of drug-likeness (QED) is 0.766. The number of benzene rings is 1. The van der Waals surface area contributed by atoms with Crippen LogP contribution in [0.25, 0.3) is 10.1 Å². The predicted octanol–water partition coefficient (Wildman–Crippen LogP) is 5.25. The molecule has 1 nitrogen and oxygen atoms in total. The monoisotopic (exact) mass is 289 g/mol.